The Labute approximate surface area is 89.7 Å². The standard InChI is InChI=1S/C13H27N/c1-10(13(2,3)4)9-12(14-5)11-7-6-8-11/h10-12,14H,6-9H2,1-5H3. The van der Waals surface area contributed by atoms with Crippen LogP contribution in [0.4, 0.5) is 0 Å². The molecule has 2 atom stereocenters. The average Bonchev–Trinajstić information content (AvgIpc) is 1.97. The minimum Gasteiger partial charge on any atom is -0.317 e. The third-order valence-electron chi connectivity index (χ3n) is 4.18. The van der Waals surface area contributed by atoms with E-state index < -0.39 is 0 Å². The Balaban J connectivity index is 2.39. The summed E-state index contributed by atoms with van der Waals surface area (Å²) in [5, 5.41) is 3.51. The Morgan fingerprint density at radius 2 is 1.86 bits per heavy atom. The molecule has 1 heteroatoms. The third-order valence-corrected chi connectivity index (χ3v) is 4.18. The van der Waals surface area contributed by atoms with Crippen LogP contribution in [-0.4, -0.2) is 13.1 Å². The summed E-state index contributed by atoms with van der Waals surface area (Å²) in [5.74, 6) is 1.77. The summed E-state index contributed by atoms with van der Waals surface area (Å²) in [7, 11) is 2.12. The van der Waals surface area contributed by atoms with Crippen LogP contribution in [-0.2, 0) is 0 Å². The SMILES string of the molecule is CNC(CC(C)C(C)(C)C)C1CCC1. The molecule has 1 saturated carbocycles. The summed E-state index contributed by atoms with van der Waals surface area (Å²) in [6.45, 7) is 9.45. The molecule has 1 N–H and O–H groups in total. The van der Waals surface area contributed by atoms with Gasteiger partial charge < -0.3 is 5.32 Å². The van der Waals surface area contributed by atoms with Crippen LogP contribution < -0.4 is 5.32 Å². The van der Waals surface area contributed by atoms with Crippen molar-refractivity contribution in [3.05, 3.63) is 0 Å². The molecule has 1 rings (SSSR count). The molecular formula is C13H27N. The van der Waals surface area contributed by atoms with Gasteiger partial charge in [-0.2, -0.15) is 0 Å². The van der Waals surface area contributed by atoms with Crippen LogP contribution in [0.5, 0.6) is 0 Å². The Morgan fingerprint density at radius 1 is 1.29 bits per heavy atom. The maximum atomic E-state index is 3.51. The van der Waals surface area contributed by atoms with E-state index in [4.69, 9.17) is 0 Å². The number of nitrogens with one attached hydrogen (secondary N) is 1. The van der Waals surface area contributed by atoms with Gasteiger partial charge in [0.15, 0.2) is 0 Å². The largest absolute Gasteiger partial charge is 0.317 e. The van der Waals surface area contributed by atoms with E-state index in [1.807, 2.05) is 0 Å². The number of hydrogen-bond acceptors (Lipinski definition) is 1. The van der Waals surface area contributed by atoms with Crippen molar-refractivity contribution in [2.24, 2.45) is 17.3 Å². The molecule has 0 amide bonds. The lowest BCUT2D eigenvalue weighted by Gasteiger charge is -2.38. The van der Waals surface area contributed by atoms with Gasteiger partial charge in [0, 0.05) is 6.04 Å². The molecule has 0 aromatic heterocycles. The first kappa shape index (κ1) is 12.0. The minimum absolute atomic E-state index is 0.457. The van der Waals surface area contributed by atoms with E-state index in [1.165, 1.54) is 25.7 Å². The lowest BCUT2D eigenvalue weighted by Crippen LogP contribution is -2.40. The van der Waals surface area contributed by atoms with Crippen LogP contribution in [0.2, 0.25) is 0 Å². The van der Waals surface area contributed by atoms with Crippen molar-refractivity contribution in [3.8, 4) is 0 Å². The van der Waals surface area contributed by atoms with Crippen LogP contribution in [0, 0.1) is 17.3 Å². The van der Waals surface area contributed by atoms with Crippen molar-refractivity contribution in [3.63, 3.8) is 0 Å². The highest BCUT2D eigenvalue weighted by Crippen LogP contribution is 2.36. The Morgan fingerprint density at radius 3 is 2.14 bits per heavy atom. The van der Waals surface area contributed by atoms with Crippen LogP contribution in [0.15, 0.2) is 0 Å². The molecule has 1 nitrogen and oxygen atoms in total. The molecule has 0 aromatic carbocycles. The van der Waals surface area contributed by atoms with Gasteiger partial charge >= 0.3 is 0 Å². The first-order valence-electron chi connectivity index (χ1n) is 6.12. The summed E-state index contributed by atoms with van der Waals surface area (Å²) < 4.78 is 0. The van der Waals surface area contributed by atoms with E-state index in [-0.39, 0.29) is 0 Å². The smallest absolute Gasteiger partial charge is 0.00950 e. The molecule has 0 aliphatic heterocycles. The fourth-order valence-corrected chi connectivity index (χ4v) is 2.12. The molecule has 1 fully saturated rings. The molecule has 0 saturated heterocycles. The van der Waals surface area contributed by atoms with Crippen molar-refractivity contribution in [1.29, 1.82) is 0 Å². The normalized spacial score (nSPS) is 22.9. The summed E-state index contributed by atoms with van der Waals surface area (Å²) in [4.78, 5) is 0. The van der Waals surface area contributed by atoms with Crippen LogP contribution in [0.25, 0.3) is 0 Å². The second-order valence-electron chi connectivity index (χ2n) is 6.09. The number of hydrogen-bond donors (Lipinski definition) is 1. The van der Waals surface area contributed by atoms with E-state index in [1.54, 1.807) is 0 Å². The highest BCUT2D eigenvalue weighted by atomic mass is 14.9. The quantitative estimate of drug-likeness (QED) is 0.728. The van der Waals surface area contributed by atoms with Gasteiger partial charge in [-0.1, -0.05) is 34.1 Å². The molecule has 0 radical (unpaired) electrons. The Kier molecular flexibility index (Phi) is 4.00. The van der Waals surface area contributed by atoms with Gasteiger partial charge in [0.2, 0.25) is 0 Å². The number of rotatable bonds is 4. The summed E-state index contributed by atoms with van der Waals surface area (Å²) in [6, 6.07) is 0.762. The van der Waals surface area contributed by atoms with Crippen molar-refractivity contribution in [1.82, 2.24) is 5.32 Å². The van der Waals surface area contributed by atoms with Gasteiger partial charge in [0.1, 0.15) is 0 Å². The van der Waals surface area contributed by atoms with Gasteiger partial charge in [-0.25, -0.2) is 0 Å². The molecule has 0 bridgehead atoms. The Hall–Kier alpha value is -0.0400. The zero-order chi connectivity index (χ0) is 10.8. The van der Waals surface area contributed by atoms with Crippen LogP contribution >= 0.6 is 0 Å². The fraction of sp³-hybridized carbons (Fsp3) is 1.00. The maximum absolute atomic E-state index is 3.51. The van der Waals surface area contributed by atoms with Gasteiger partial charge in [-0.3, -0.25) is 0 Å². The van der Waals surface area contributed by atoms with E-state index in [9.17, 15) is 0 Å². The predicted molar refractivity (Wildman–Crippen MR) is 63.4 cm³/mol. The summed E-state index contributed by atoms with van der Waals surface area (Å²) in [6.07, 6.45) is 5.68. The molecule has 0 spiro atoms. The summed E-state index contributed by atoms with van der Waals surface area (Å²) in [5.41, 5.74) is 0.457. The molecule has 84 valence electrons. The monoisotopic (exact) mass is 197 g/mol. The second kappa shape index (κ2) is 4.65. The van der Waals surface area contributed by atoms with Gasteiger partial charge in [-0.05, 0) is 43.6 Å². The van der Waals surface area contributed by atoms with E-state index in [0.29, 0.717) is 5.41 Å². The highest BCUT2D eigenvalue weighted by Gasteiger charge is 2.30. The third kappa shape index (κ3) is 2.98. The first-order valence-corrected chi connectivity index (χ1v) is 6.12. The van der Waals surface area contributed by atoms with E-state index in [0.717, 1.165) is 17.9 Å². The van der Waals surface area contributed by atoms with E-state index in [2.05, 4.69) is 40.1 Å². The minimum atomic E-state index is 0.457. The lowest BCUT2D eigenvalue weighted by molar-refractivity contribution is 0.163. The van der Waals surface area contributed by atoms with Crippen LogP contribution in [0.1, 0.15) is 53.4 Å². The first-order chi connectivity index (χ1) is 6.45. The average molecular weight is 197 g/mol. The Bertz CT molecular complexity index is 165. The van der Waals surface area contributed by atoms with Crippen molar-refractivity contribution < 1.29 is 0 Å². The topological polar surface area (TPSA) is 12.0 Å². The van der Waals surface area contributed by atoms with Crippen molar-refractivity contribution >= 4 is 0 Å². The fourth-order valence-electron chi connectivity index (χ4n) is 2.12. The molecule has 0 aromatic rings. The second-order valence-corrected chi connectivity index (χ2v) is 6.09. The van der Waals surface area contributed by atoms with Crippen molar-refractivity contribution in [2.45, 2.75) is 59.4 Å². The van der Waals surface area contributed by atoms with Gasteiger partial charge in [0.05, 0.1) is 0 Å². The van der Waals surface area contributed by atoms with Crippen molar-refractivity contribution in [2.75, 3.05) is 7.05 Å². The molecule has 2 unspecified atom stereocenters. The lowest BCUT2D eigenvalue weighted by atomic mass is 9.72. The zero-order valence-electron chi connectivity index (χ0n) is 10.6. The zero-order valence-corrected chi connectivity index (χ0v) is 10.6. The summed E-state index contributed by atoms with van der Waals surface area (Å²) >= 11 is 0. The molecule has 0 heterocycles. The molecular weight excluding hydrogens is 170 g/mol. The predicted octanol–water partition coefficient (Wildman–Crippen LogP) is 3.45. The molecule has 14 heavy (non-hydrogen) atoms. The van der Waals surface area contributed by atoms with Crippen LogP contribution in [0.3, 0.4) is 0 Å². The molecule has 1 aliphatic rings. The van der Waals surface area contributed by atoms with Gasteiger partial charge in [0.25, 0.3) is 0 Å². The van der Waals surface area contributed by atoms with Gasteiger partial charge in [-0.15, -0.1) is 0 Å². The highest BCUT2D eigenvalue weighted by molar-refractivity contribution is 4.85. The molecule has 1 aliphatic carbocycles. The van der Waals surface area contributed by atoms with E-state index >= 15 is 0 Å². The maximum Gasteiger partial charge on any atom is 0.00950 e.